The van der Waals surface area contributed by atoms with Crippen LogP contribution < -0.4 is 19.2 Å². The molecule has 2 fully saturated rings. The first-order valence-electron chi connectivity index (χ1n) is 10.7. The molecule has 3 aliphatic rings. The van der Waals surface area contributed by atoms with Crippen LogP contribution in [0.2, 0.25) is 0 Å². The van der Waals surface area contributed by atoms with Gasteiger partial charge in [0.15, 0.2) is 0 Å². The SMILES string of the molecule is O=C(Nc1nnco1)[C@@H]1CCCN1c1nc2c(c([As]c3cc(C4CC4)[nH]n3)n1)CCC2. The Kier molecular flexibility index (Phi) is 4.74. The van der Waals surface area contributed by atoms with Crippen molar-refractivity contribution in [3.8, 4) is 0 Å². The summed E-state index contributed by atoms with van der Waals surface area (Å²) in [6, 6.07) is 1.99. The van der Waals surface area contributed by atoms with Gasteiger partial charge in [-0.2, -0.15) is 0 Å². The number of hydrogen-bond donors (Lipinski definition) is 2. The summed E-state index contributed by atoms with van der Waals surface area (Å²) in [7, 11) is 0. The van der Waals surface area contributed by atoms with E-state index in [1.807, 2.05) is 4.90 Å². The van der Waals surface area contributed by atoms with Crippen LogP contribution in [-0.4, -0.2) is 64.6 Å². The number of amides is 1. The quantitative estimate of drug-likeness (QED) is 0.479. The number of fused-ring (bicyclic) bond motifs is 1. The molecule has 31 heavy (non-hydrogen) atoms. The number of aromatic nitrogens is 6. The molecule has 0 aromatic carbocycles. The molecule has 0 bridgehead atoms. The Morgan fingerprint density at radius 3 is 3.00 bits per heavy atom. The molecule has 2 N–H and O–H groups in total. The van der Waals surface area contributed by atoms with Crippen LogP contribution in [0.3, 0.4) is 0 Å². The first-order chi connectivity index (χ1) is 15.2. The predicted octanol–water partition coefficient (Wildman–Crippen LogP) is 0.211. The first-order valence-corrected chi connectivity index (χ1v) is 12.6. The van der Waals surface area contributed by atoms with Gasteiger partial charge in [-0.3, -0.25) is 0 Å². The summed E-state index contributed by atoms with van der Waals surface area (Å²) in [5, 5.41) is 17.8. The molecule has 6 rings (SSSR count). The molecule has 11 heteroatoms. The van der Waals surface area contributed by atoms with Crippen LogP contribution in [0, 0.1) is 0 Å². The van der Waals surface area contributed by atoms with Gasteiger partial charge in [0.1, 0.15) is 0 Å². The molecule has 1 aliphatic heterocycles. The second-order valence-electron chi connectivity index (χ2n) is 8.28. The van der Waals surface area contributed by atoms with Crippen LogP contribution in [-0.2, 0) is 17.6 Å². The van der Waals surface area contributed by atoms with Crippen LogP contribution in [0.5, 0.6) is 0 Å². The van der Waals surface area contributed by atoms with E-state index in [9.17, 15) is 4.79 Å². The topological polar surface area (TPSA) is 126 Å². The molecule has 1 atom stereocenters. The van der Waals surface area contributed by atoms with Crippen molar-refractivity contribution in [3.63, 3.8) is 0 Å². The standard InChI is InChI=1S/C20H22AsN8O2/c30-18(25-20-28-22-10-31-20)15-5-2-8-29(15)19-23-13-4-1-3-12(13)17(24-19)21-16-9-14(26-27-16)11-6-7-11/h9-11,15H,1-8H2,(H,26,27)(H,25,28,30)/t15-/m0/s1. The van der Waals surface area contributed by atoms with Crippen LogP contribution >= 0.6 is 0 Å². The number of H-pyrrole nitrogens is 1. The van der Waals surface area contributed by atoms with Crippen molar-refractivity contribution in [2.45, 2.75) is 56.9 Å². The molecule has 3 aromatic rings. The molecule has 3 aromatic heterocycles. The molecule has 10 nitrogen and oxygen atoms in total. The summed E-state index contributed by atoms with van der Waals surface area (Å²) in [5.74, 6) is 1.16. The van der Waals surface area contributed by atoms with Gasteiger partial charge in [0, 0.05) is 0 Å². The second-order valence-corrected chi connectivity index (χ2v) is 10.6. The van der Waals surface area contributed by atoms with Crippen LogP contribution in [0.25, 0.3) is 0 Å². The molecule has 1 amide bonds. The van der Waals surface area contributed by atoms with Gasteiger partial charge in [0.05, 0.1) is 0 Å². The Morgan fingerprint density at radius 1 is 1.23 bits per heavy atom. The zero-order valence-corrected chi connectivity index (χ0v) is 18.8. The van der Waals surface area contributed by atoms with Crippen molar-refractivity contribution < 1.29 is 9.21 Å². The Morgan fingerprint density at radius 2 is 2.16 bits per heavy atom. The van der Waals surface area contributed by atoms with Crippen molar-refractivity contribution in [2.75, 3.05) is 16.8 Å². The summed E-state index contributed by atoms with van der Waals surface area (Å²) in [5.41, 5.74) is 3.69. The van der Waals surface area contributed by atoms with Crippen molar-refractivity contribution in [1.82, 2.24) is 30.4 Å². The Labute approximate surface area is 185 Å². The van der Waals surface area contributed by atoms with Crippen LogP contribution in [0.4, 0.5) is 12.0 Å². The Hall–Kier alpha value is -2.74. The number of rotatable bonds is 6. The van der Waals surface area contributed by atoms with E-state index in [1.165, 1.54) is 30.5 Å². The molecule has 1 saturated heterocycles. The summed E-state index contributed by atoms with van der Waals surface area (Å²) in [4.78, 5) is 24.7. The number of hydrogen-bond acceptors (Lipinski definition) is 8. The zero-order valence-electron chi connectivity index (χ0n) is 16.9. The summed E-state index contributed by atoms with van der Waals surface area (Å²) in [6.45, 7) is 0.755. The third kappa shape index (κ3) is 3.73. The van der Waals surface area contributed by atoms with Crippen molar-refractivity contribution in [3.05, 3.63) is 29.4 Å². The van der Waals surface area contributed by atoms with Gasteiger partial charge < -0.3 is 0 Å². The monoisotopic (exact) mass is 481 g/mol. The number of aromatic amines is 1. The average molecular weight is 481 g/mol. The normalized spacial score (nSPS) is 20.6. The average Bonchev–Trinajstić information content (AvgIpc) is 3.27. The summed E-state index contributed by atoms with van der Waals surface area (Å²) < 4.78 is 7.31. The van der Waals surface area contributed by atoms with Crippen molar-refractivity contribution >= 4 is 42.6 Å². The second kappa shape index (κ2) is 7.75. The van der Waals surface area contributed by atoms with E-state index < -0.39 is 0 Å². The van der Waals surface area contributed by atoms with E-state index >= 15 is 0 Å². The van der Waals surface area contributed by atoms with Crippen LogP contribution in [0.15, 0.2) is 16.9 Å². The van der Waals surface area contributed by atoms with E-state index in [0.29, 0.717) is 11.9 Å². The minimum atomic E-state index is -0.345. The van der Waals surface area contributed by atoms with E-state index in [4.69, 9.17) is 14.4 Å². The molecule has 2 aliphatic carbocycles. The fourth-order valence-electron chi connectivity index (χ4n) is 4.41. The molecular weight excluding hydrogens is 459 g/mol. The first kappa shape index (κ1) is 19.0. The third-order valence-electron chi connectivity index (χ3n) is 6.12. The Balaban J connectivity index is 1.27. The number of nitrogens with one attached hydrogen (secondary N) is 2. The molecule has 1 radical (unpaired) electrons. The van der Waals surface area contributed by atoms with Crippen molar-refractivity contribution in [2.24, 2.45) is 0 Å². The van der Waals surface area contributed by atoms with Gasteiger partial charge in [0.2, 0.25) is 0 Å². The fourth-order valence-corrected chi connectivity index (χ4v) is 6.58. The van der Waals surface area contributed by atoms with Gasteiger partial charge in [-0.15, -0.1) is 0 Å². The van der Waals surface area contributed by atoms with E-state index in [-0.39, 0.29) is 33.7 Å². The van der Waals surface area contributed by atoms with Gasteiger partial charge in [0.25, 0.3) is 0 Å². The predicted molar refractivity (Wildman–Crippen MR) is 113 cm³/mol. The molecule has 4 heterocycles. The summed E-state index contributed by atoms with van der Waals surface area (Å²) >= 11 is -0.328. The minimum absolute atomic E-state index is 0.113. The third-order valence-corrected chi connectivity index (χ3v) is 8.31. The number of carbonyl (C=O) groups excluding carboxylic acids is 1. The molecule has 0 spiro atoms. The molecular formula is C20H22AsN8O2. The van der Waals surface area contributed by atoms with Gasteiger partial charge in [-0.25, -0.2) is 0 Å². The van der Waals surface area contributed by atoms with Gasteiger partial charge in [-0.05, 0) is 0 Å². The number of nitrogens with zero attached hydrogens (tertiary/aromatic N) is 6. The maximum atomic E-state index is 12.8. The zero-order chi connectivity index (χ0) is 20.8. The van der Waals surface area contributed by atoms with Crippen molar-refractivity contribution in [1.29, 1.82) is 0 Å². The molecule has 1 saturated carbocycles. The molecule has 159 valence electrons. The van der Waals surface area contributed by atoms with E-state index in [0.717, 1.165) is 53.3 Å². The van der Waals surface area contributed by atoms with Gasteiger partial charge >= 0.3 is 185 Å². The van der Waals surface area contributed by atoms with E-state index in [1.54, 1.807) is 0 Å². The molecule has 0 unspecified atom stereocenters. The van der Waals surface area contributed by atoms with Crippen LogP contribution in [0.1, 0.15) is 55.0 Å². The Bertz CT molecular complexity index is 1110. The fraction of sp³-hybridized carbons (Fsp3) is 0.500. The van der Waals surface area contributed by atoms with E-state index in [2.05, 4.69) is 31.8 Å². The number of anilines is 2. The number of carbonyl (C=O) groups is 1. The maximum absolute atomic E-state index is 12.8. The number of aryl methyl sites for hydroxylation is 1. The summed E-state index contributed by atoms with van der Waals surface area (Å²) in [6.07, 6.45) is 8.48. The van der Waals surface area contributed by atoms with Gasteiger partial charge in [-0.1, -0.05) is 0 Å².